The van der Waals surface area contributed by atoms with Gasteiger partial charge in [0.1, 0.15) is 0 Å². The van der Waals surface area contributed by atoms with Crippen molar-refractivity contribution < 1.29 is 5.11 Å². The summed E-state index contributed by atoms with van der Waals surface area (Å²) < 4.78 is 0. The van der Waals surface area contributed by atoms with E-state index in [4.69, 9.17) is 11.6 Å². The molecule has 1 aromatic rings. The zero-order chi connectivity index (χ0) is 13.0. The normalized spacial score (nSPS) is 25.9. The van der Waals surface area contributed by atoms with Gasteiger partial charge in [0.05, 0.1) is 6.10 Å². The highest BCUT2D eigenvalue weighted by Gasteiger charge is 2.21. The second kappa shape index (κ2) is 6.55. The molecule has 1 unspecified atom stereocenters. The highest BCUT2D eigenvalue weighted by Crippen LogP contribution is 2.24. The van der Waals surface area contributed by atoms with Gasteiger partial charge in [0.15, 0.2) is 0 Å². The molecular weight excluding hydrogens is 246 g/mol. The van der Waals surface area contributed by atoms with Gasteiger partial charge in [-0.1, -0.05) is 30.7 Å². The van der Waals surface area contributed by atoms with Crippen molar-refractivity contribution in [3.8, 4) is 0 Å². The predicted octanol–water partition coefficient (Wildman–Crippen LogP) is 3.68. The van der Waals surface area contributed by atoms with E-state index < -0.39 is 0 Å². The second-order valence-corrected chi connectivity index (χ2v) is 5.62. The lowest BCUT2D eigenvalue weighted by molar-refractivity contribution is 0.114. The van der Waals surface area contributed by atoms with Gasteiger partial charge < -0.3 is 10.4 Å². The fourth-order valence-corrected chi connectivity index (χ4v) is 2.80. The van der Waals surface area contributed by atoms with E-state index in [0.29, 0.717) is 12.1 Å². The molecule has 0 radical (unpaired) electrons. The number of hydrogen-bond donors (Lipinski definition) is 2. The van der Waals surface area contributed by atoms with Crippen molar-refractivity contribution in [2.24, 2.45) is 0 Å². The van der Waals surface area contributed by atoms with Crippen LogP contribution in [0, 0.1) is 0 Å². The van der Waals surface area contributed by atoms with Crippen LogP contribution in [0.5, 0.6) is 0 Å². The fourth-order valence-electron chi connectivity index (χ4n) is 2.67. The van der Waals surface area contributed by atoms with Crippen LogP contribution in [0.2, 0.25) is 5.02 Å². The average Bonchev–Trinajstić information content (AvgIpc) is 2.39. The first-order chi connectivity index (χ1) is 8.69. The monoisotopic (exact) mass is 267 g/mol. The number of halogens is 1. The summed E-state index contributed by atoms with van der Waals surface area (Å²) in [5.41, 5.74) is 1.30. The van der Waals surface area contributed by atoms with Crippen molar-refractivity contribution in [2.75, 3.05) is 0 Å². The van der Waals surface area contributed by atoms with Crippen LogP contribution in [0.15, 0.2) is 24.3 Å². The smallest absolute Gasteiger partial charge is 0.0541 e. The van der Waals surface area contributed by atoms with Crippen LogP contribution < -0.4 is 5.32 Å². The van der Waals surface area contributed by atoms with E-state index >= 15 is 0 Å². The molecule has 2 rings (SSSR count). The number of hydrogen-bond acceptors (Lipinski definition) is 2. The maximum Gasteiger partial charge on any atom is 0.0541 e. The van der Waals surface area contributed by atoms with Crippen LogP contribution in [0.1, 0.15) is 50.6 Å². The van der Waals surface area contributed by atoms with Crippen molar-refractivity contribution >= 4 is 11.6 Å². The van der Waals surface area contributed by atoms with E-state index in [2.05, 4.69) is 24.4 Å². The largest absolute Gasteiger partial charge is 0.393 e. The van der Waals surface area contributed by atoms with Crippen molar-refractivity contribution in [1.82, 2.24) is 5.32 Å². The zero-order valence-electron chi connectivity index (χ0n) is 10.9. The predicted molar refractivity (Wildman–Crippen MR) is 75.9 cm³/mol. The molecule has 0 amide bonds. The lowest BCUT2D eigenvalue weighted by Crippen LogP contribution is -2.36. The molecule has 0 spiro atoms. The Morgan fingerprint density at radius 1 is 1.22 bits per heavy atom. The topological polar surface area (TPSA) is 32.3 Å². The summed E-state index contributed by atoms with van der Waals surface area (Å²) >= 11 is 5.92. The molecule has 2 nitrogen and oxygen atoms in total. The maximum absolute atomic E-state index is 9.52. The summed E-state index contributed by atoms with van der Waals surface area (Å²) in [6.07, 6.45) is 4.99. The van der Waals surface area contributed by atoms with Crippen LogP contribution >= 0.6 is 11.6 Å². The summed E-state index contributed by atoms with van der Waals surface area (Å²) in [7, 11) is 0. The summed E-state index contributed by atoms with van der Waals surface area (Å²) in [6, 6.07) is 9.02. The number of rotatable bonds is 4. The van der Waals surface area contributed by atoms with Gasteiger partial charge >= 0.3 is 0 Å². The molecule has 0 aromatic heterocycles. The molecule has 3 heteroatoms. The van der Waals surface area contributed by atoms with Gasteiger partial charge in [-0.15, -0.1) is 0 Å². The SMILES string of the molecule is CCC(NC1CCC(O)CC1)c1ccc(Cl)cc1. The van der Waals surface area contributed by atoms with Crippen LogP contribution in [0.3, 0.4) is 0 Å². The minimum Gasteiger partial charge on any atom is -0.393 e. The molecule has 0 saturated heterocycles. The van der Waals surface area contributed by atoms with E-state index in [1.54, 1.807) is 0 Å². The first kappa shape index (κ1) is 13.9. The third kappa shape index (κ3) is 3.71. The molecule has 0 heterocycles. The Morgan fingerprint density at radius 3 is 2.39 bits per heavy atom. The molecule has 18 heavy (non-hydrogen) atoms. The summed E-state index contributed by atoms with van der Waals surface area (Å²) in [5, 5.41) is 14.0. The highest BCUT2D eigenvalue weighted by molar-refractivity contribution is 6.30. The van der Waals surface area contributed by atoms with Crippen LogP contribution in [0.25, 0.3) is 0 Å². The third-order valence-corrected chi connectivity index (χ3v) is 4.07. The Kier molecular flexibility index (Phi) is 5.04. The molecule has 0 aliphatic heterocycles. The minimum absolute atomic E-state index is 0.0846. The standard InChI is InChI=1S/C15H22ClNO/c1-2-15(11-3-5-12(16)6-4-11)17-13-7-9-14(18)10-8-13/h3-6,13-15,17-18H,2,7-10H2,1H3. The van der Waals surface area contributed by atoms with E-state index in [1.165, 1.54) is 5.56 Å². The maximum atomic E-state index is 9.52. The van der Waals surface area contributed by atoms with E-state index in [-0.39, 0.29) is 6.10 Å². The van der Waals surface area contributed by atoms with Crippen LogP contribution in [0.4, 0.5) is 0 Å². The third-order valence-electron chi connectivity index (χ3n) is 3.81. The van der Waals surface area contributed by atoms with Crippen molar-refractivity contribution in [2.45, 2.75) is 57.2 Å². The van der Waals surface area contributed by atoms with Crippen molar-refractivity contribution in [3.63, 3.8) is 0 Å². The van der Waals surface area contributed by atoms with Crippen molar-refractivity contribution in [3.05, 3.63) is 34.9 Å². The van der Waals surface area contributed by atoms with Crippen molar-refractivity contribution in [1.29, 1.82) is 0 Å². The minimum atomic E-state index is -0.0846. The van der Waals surface area contributed by atoms with Crippen LogP contribution in [-0.4, -0.2) is 17.3 Å². The van der Waals surface area contributed by atoms with E-state index in [9.17, 15) is 5.11 Å². The number of aliphatic hydroxyl groups excluding tert-OH is 1. The summed E-state index contributed by atoms with van der Waals surface area (Å²) in [5.74, 6) is 0. The Labute approximate surface area is 114 Å². The molecule has 1 aromatic carbocycles. The Balaban J connectivity index is 1.94. The van der Waals surface area contributed by atoms with Gasteiger partial charge in [0, 0.05) is 17.1 Å². The van der Waals surface area contributed by atoms with Gasteiger partial charge in [0.25, 0.3) is 0 Å². The first-order valence-corrected chi connectivity index (χ1v) is 7.26. The second-order valence-electron chi connectivity index (χ2n) is 5.18. The van der Waals surface area contributed by atoms with Crippen LogP contribution in [-0.2, 0) is 0 Å². The Morgan fingerprint density at radius 2 is 1.83 bits per heavy atom. The number of nitrogens with one attached hydrogen (secondary N) is 1. The number of benzene rings is 1. The molecule has 2 N–H and O–H groups in total. The molecule has 1 atom stereocenters. The molecule has 1 aliphatic carbocycles. The Hall–Kier alpha value is -0.570. The lowest BCUT2D eigenvalue weighted by atomic mass is 9.91. The van der Waals surface area contributed by atoms with Gasteiger partial charge in [-0.05, 0) is 49.8 Å². The molecule has 1 saturated carbocycles. The van der Waals surface area contributed by atoms with E-state index in [1.807, 2.05) is 12.1 Å². The lowest BCUT2D eigenvalue weighted by Gasteiger charge is -2.30. The summed E-state index contributed by atoms with van der Waals surface area (Å²) in [4.78, 5) is 0. The summed E-state index contributed by atoms with van der Waals surface area (Å²) in [6.45, 7) is 2.20. The number of aliphatic hydroxyl groups is 1. The van der Waals surface area contributed by atoms with Gasteiger partial charge in [-0.2, -0.15) is 0 Å². The van der Waals surface area contributed by atoms with Gasteiger partial charge in [0.2, 0.25) is 0 Å². The van der Waals surface area contributed by atoms with Gasteiger partial charge in [-0.25, -0.2) is 0 Å². The van der Waals surface area contributed by atoms with Gasteiger partial charge in [-0.3, -0.25) is 0 Å². The first-order valence-electron chi connectivity index (χ1n) is 6.88. The Bertz CT molecular complexity index is 357. The fraction of sp³-hybridized carbons (Fsp3) is 0.600. The average molecular weight is 268 g/mol. The molecule has 100 valence electrons. The molecule has 1 aliphatic rings. The quantitative estimate of drug-likeness (QED) is 0.872. The zero-order valence-corrected chi connectivity index (χ0v) is 11.7. The molecular formula is C15H22ClNO. The van der Waals surface area contributed by atoms with E-state index in [0.717, 1.165) is 37.1 Å². The molecule has 0 bridgehead atoms. The molecule has 1 fully saturated rings. The highest BCUT2D eigenvalue weighted by atomic mass is 35.5.